The Morgan fingerprint density at radius 3 is 2.76 bits per heavy atom. The molecule has 1 aromatic rings. The van der Waals surface area contributed by atoms with Crippen molar-refractivity contribution in [1.29, 1.82) is 0 Å². The number of hydrogen-bond acceptors (Lipinski definition) is 4. The summed E-state index contributed by atoms with van der Waals surface area (Å²) >= 11 is 3.45. The Labute approximate surface area is 156 Å². The van der Waals surface area contributed by atoms with E-state index < -0.39 is 6.04 Å². The van der Waals surface area contributed by atoms with E-state index in [4.69, 9.17) is 0 Å². The number of amides is 2. The topological polar surface area (TPSA) is 72.9 Å². The smallest absolute Gasteiger partial charge is 0.240 e. The number of nitrogens with zero attached hydrogens (tertiary/aromatic N) is 2. The second-order valence-corrected chi connectivity index (χ2v) is 7.63. The SMILES string of the molecule is O=C(CC1NCCN(Cc2cccc(Br)c2)C1=O)N1CCC(O)CC1. The second-order valence-electron chi connectivity index (χ2n) is 6.71. The number of nitrogens with one attached hydrogen (secondary N) is 1. The summed E-state index contributed by atoms with van der Waals surface area (Å²) in [7, 11) is 0. The van der Waals surface area contributed by atoms with Crippen LogP contribution >= 0.6 is 15.9 Å². The van der Waals surface area contributed by atoms with Crippen molar-refractivity contribution in [3.63, 3.8) is 0 Å². The van der Waals surface area contributed by atoms with E-state index in [1.807, 2.05) is 29.2 Å². The van der Waals surface area contributed by atoms with Crippen LogP contribution in [-0.2, 0) is 16.1 Å². The highest BCUT2D eigenvalue weighted by Crippen LogP contribution is 2.17. The molecule has 7 heteroatoms. The lowest BCUT2D eigenvalue weighted by Crippen LogP contribution is -2.56. The maximum Gasteiger partial charge on any atom is 0.240 e. The van der Waals surface area contributed by atoms with Crippen molar-refractivity contribution in [3.05, 3.63) is 34.3 Å². The van der Waals surface area contributed by atoms with Crippen LogP contribution in [0.25, 0.3) is 0 Å². The molecule has 0 aliphatic carbocycles. The van der Waals surface area contributed by atoms with Gasteiger partial charge >= 0.3 is 0 Å². The van der Waals surface area contributed by atoms with Crippen LogP contribution in [0.2, 0.25) is 0 Å². The van der Waals surface area contributed by atoms with E-state index >= 15 is 0 Å². The third-order valence-electron chi connectivity index (χ3n) is 4.84. The molecule has 136 valence electrons. The van der Waals surface area contributed by atoms with Gasteiger partial charge in [-0.15, -0.1) is 0 Å². The third kappa shape index (κ3) is 4.80. The average Bonchev–Trinajstić information content (AvgIpc) is 2.59. The number of halogens is 1. The van der Waals surface area contributed by atoms with Crippen molar-refractivity contribution < 1.29 is 14.7 Å². The first-order chi connectivity index (χ1) is 12.0. The van der Waals surface area contributed by atoms with Gasteiger partial charge in [-0.2, -0.15) is 0 Å². The summed E-state index contributed by atoms with van der Waals surface area (Å²) in [6.07, 6.45) is 1.11. The third-order valence-corrected chi connectivity index (χ3v) is 5.33. The molecule has 1 atom stereocenters. The highest BCUT2D eigenvalue weighted by molar-refractivity contribution is 9.10. The van der Waals surface area contributed by atoms with Gasteiger partial charge in [-0.05, 0) is 30.5 Å². The standard InChI is InChI=1S/C18H24BrN3O3/c19-14-3-1-2-13(10-14)12-22-9-6-20-16(18(22)25)11-17(24)21-7-4-15(23)5-8-21/h1-3,10,15-16,20,23H,4-9,11-12H2. The minimum Gasteiger partial charge on any atom is -0.393 e. The Hall–Kier alpha value is -1.44. The quantitative estimate of drug-likeness (QED) is 0.781. The number of aliphatic hydroxyl groups excluding tert-OH is 1. The first kappa shape index (κ1) is 18.4. The molecule has 1 aromatic carbocycles. The minimum absolute atomic E-state index is 0.0120. The van der Waals surface area contributed by atoms with Crippen molar-refractivity contribution in [2.24, 2.45) is 0 Å². The van der Waals surface area contributed by atoms with Gasteiger partial charge in [-0.25, -0.2) is 0 Å². The van der Waals surface area contributed by atoms with E-state index in [-0.39, 0.29) is 24.3 Å². The Bertz CT molecular complexity index is 632. The Morgan fingerprint density at radius 1 is 1.28 bits per heavy atom. The highest BCUT2D eigenvalue weighted by Gasteiger charge is 2.32. The monoisotopic (exact) mass is 409 g/mol. The molecule has 0 radical (unpaired) electrons. The Kier molecular flexibility index (Phi) is 6.09. The maximum absolute atomic E-state index is 12.7. The van der Waals surface area contributed by atoms with Gasteiger partial charge in [0.15, 0.2) is 0 Å². The van der Waals surface area contributed by atoms with Crippen LogP contribution in [0.4, 0.5) is 0 Å². The average molecular weight is 410 g/mol. The Morgan fingerprint density at radius 2 is 2.04 bits per heavy atom. The molecule has 2 saturated heterocycles. The number of rotatable bonds is 4. The number of hydrogen-bond donors (Lipinski definition) is 2. The number of aliphatic hydroxyl groups is 1. The molecule has 0 saturated carbocycles. The predicted molar refractivity (Wildman–Crippen MR) is 97.8 cm³/mol. The Balaban J connectivity index is 1.57. The van der Waals surface area contributed by atoms with Crippen molar-refractivity contribution >= 4 is 27.7 Å². The normalized spacial score (nSPS) is 22.3. The lowest BCUT2D eigenvalue weighted by atomic mass is 10.0. The van der Waals surface area contributed by atoms with E-state index in [2.05, 4.69) is 21.2 Å². The molecule has 2 aliphatic rings. The molecule has 25 heavy (non-hydrogen) atoms. The molecule has 0 bridgehead atoms. The van der Waals surface area contributed by atoms with Crippen LogP contribution in [-0.4, -0.2) is 65.0 Å². The summed E-state index contributed by atoms with van der Waals surface area (Å²) in [5, 5.41) is 12.7. The fourth-order valence-electron chi connectivity index (χ4n) is 3.38. The van der Waals surface area contributed by atoms with Gasteiger partial charge in [0.05, 0.1) is 18.6 Å². The first-order valence-electron chi connectivity index (χ1n) is 8.75. The summed E-state index contributed by atoms with van der Waals surface area (Å²) in [5.41, 5.74) is 1.07. The van der Waals surface area contributed by atoms with Crippen molar-refractivity contribution in [1.82, 2.24) is 15.1 Å². The first-order valence-corrected chi connectivity index (χ1v) is 9.54. The summed E-state index contributed by atoms with van der Waals surface area (Å²) in [6.45, 7) is 3.04. The molecule has 2 fully saturated rings. The lowest BCUT2D eigenvalue weighted by molar-refractivity contribution is -0.142. The number of carbonyl (C=O) groups is 2. The van der Waals surface area contributed by atoms with E-state index in [1.165, 1.54) is 0 Å². The van der Waals surface area contributed by atoms with E-state index in [1.54, 1.807) is 4.90 Å². The summed E-state index contributed by atoms with van der Waals surface area (Å²) in [5.74, 6) is -0.0290. The lowest BCUT2D eigenvalue weighted by Gasteiger charge is -2.35. The van der Waals surface area contributed by atoms with Crippen LogP contribution in [0, 0.1) is 0 Å². The molecular formula is C18H24BrN3O3. The van der Waals surface area contributed by atoms with Crippen molar-refractivity contribution in [2.45, 2.75) is 38.0 Å². The van der Waals surface area contributed by atoms with E-state index in [9.17, 15) is 14.7 Å². The maximum atomic E-state index is 12.7. The molecule has 0 spiro atoms. The molecular weight excluding hydrogens is 386 g/mol. The van der Waals surface area contributed by atoms with Gasteiger partial charge in [-0.1, -0.05) is 28.1 Å². The van der Waals surface area contributed by atoms with Crippen molar-refractivity contribution in [2.75, 3.05) is 26.2 Å². The molecule has 2 amide bonds. The fourth-order valence-corrected chi connectivity index (χ4v) is 3.83. The molecule has 3 rings (SSSR count). The number of benzene rings is 1. The molecule has 0 aromatic heterocycles. The second kappa shape index (κ2) is 8.29. The molecule has 2 aliphatic heterocycles. The summed E-state index contributed by atoms with van der Waals surface area (Å²) in [6, 6.07) is 7.46. The van der Waals surface area contributed by atoms with Gasteiger partial charge in [-0.3, -0.25) is 9.59 Å². The van der Waals surface area contributed by atoms with Crippen molar-refractivity contribution in [3.8, 4) is 0 Å². The van der Waals surface area contributed by atoms with E-state index in [0.29, 0.717) is 45.6 Å². The zero-order valence-electron chi connectivity index (χ0n) is 14.2. The van der Waals surface area contributed by atoms with Crippen LogP contribution in [0.5, 0.6) is 0 Å². The number of piperidine rings is 1. The van der Waals surface area contributed by atoms with Crippen LogP contribution in [0.3, 0.4) is 0 Å². The van der Waals surface area contributed by atoms with Crippen LogP contribution in [0.15, 0.2) is 28.7 Å². The van der Waals surface area contributed by atoms with Gasteiger partial charge in [0, 0.05) is 37.2 Å². The van der Waals surface area contributed by atoms with Gasteiger partial charge in [0.2, 0.25) is 11.8 Å². The van der Waals surface area contributed by atoms with Gasteiger partial charge in [0.1, 0.15) is 0 Å². The zero-order valence-corrected chi connectivity index (χ0v) is 15.7. The molecule has 2 heterocycles. The molecule has 2 N–H and O–H groups in total. The van der Waals surface area contributed by atoms with Crippen LogP contribution in [0.1, 0.15) is 24.8 Å². The summed E-state index contributed by atoms with van der Waals surface area (Å²) in [4.78, 5) is 28.8. The minimum atomic E-state index is -0.458. The highest BCUT2D eigenvalue weighted by atomic mass is 79.9. The van der Waals surface area contributed by atoms with Gasteiger partial charge in [0.25, 0.3) is 0 Å². The van der Waals surface area contributed by atoms with E-state index in [0.717, 1.165) is 10.0 Å². The predicted octanol–water partition coefficient (Wildman–Crippen LogP) is 1.12. The number of carbonyl (C=O) groups excluding carboxylic acids is 2. The summed E-state index contributed by atoms with van der Waals surface area (Å²) < 4.78 is 0.992. The largest absolute Gasteiger partial charge is 0.393 e. The zero-order chi connectivity index (χ0) is 17.8. The molecule has 6 nitrogen and oxygen atoms in total. The van der Waals surface area contributed by atoms with Crippen LogP contribution < -0.4 is 5.32 Å². The molecule has 1 unspecified atom stereocenters. The number of likely N-dealkylation sites (tertiary alicyclic amines) is 1. The van der Waals surface area contributed by atoms with Gasteiger partial charge < -0.3 is 20.2 Å². The number of piperazine rings is 1. The fraction of sp³-hybridized carbons (Fsp3) is 0.556.